The summed E-state index contributed by atoms with van der Waals surface area (Å²) in [6.07, 6.45) is 2.50. The lowest BCUT2D eigenvalue weighted by molar-refractivity contribution is -0.159. The van der Waals surface area contributed by atoms with Crippen LogP contribution in [0, 0.1) is 23.7 Å². The number of esters is 1. The lowest BCUT2D eigenvalue weighted by Crippen LogP contribution is -2.36. The molecule has 0 amide bonds. The molecule has 1 heterocycles. The van der Waals surface area contributed by atoms with E-state index in [1.165, 1.54) is 12.8 Å². The minimum Gasteiger partial charge on any atom is -0.465 e. The maximum absolute atomic E-state index is 11.2. The quantitative estimate of drug-likeness (QED) is 0.516. The van der Waals surface area contributed by atoms with Crippen molar-refractivity contribution >= 4 is 5.97 Å². The highest BCUT2D eigenvalue weighted by Crippen LogP contribution is 2.43. The summed E-state index contributed by atoms with van der Waals surface area (Å²) < 4.78 is 5.14. The lowest BCUT2D eigenvalue weighted by Gasteiger charge is -2.31. The molecule has 2 heteroatoms. The van der Waals surface area contributed by atoms with E-state index in [4.69, 9.17) is 4.74 Å². The van der Waals surface area contributed by atoms with Crippen molar-refractivity contribution in [3.63, 3.8) is 0 Å². The van der Waals surface area contributed by atoms with Crippen LogP contribution in [-0.2, 0) is 9.53 Å². The molecular formula is C10H16O2. The van der Waals surface area contributed by atoms with Crippen LogP contribution in [0.5, 0.6) is 0 Å². The van der Waals surface area contributed by atoms with E-state index in [0.29, 0.717) is 18.4 Å². The van der Waals surface area contributed by atoms with Gasteiger partial charge in [0.2, 0.25) is 0 Å². The zero-order valence-corrected chi connectivity index (χ0v) is 7.75. The normalized spacial score (nSPS) is 47.0. The Hall–Kier alpha value is -0.530. The Labute approximate surface area is 73.3 Å². The molecular weight excluding hydrogens is 152 g/mol. The van der Waals surface area contributed by atoms with Crippen LogP contribution in [0.25, 0.3) is 0 Å². The van der Waals surface area contributed by atoms with Crippen LogP contribution < -0.4 is 0 Å². The van der Waals surface area contributed by atoms with Gasteiger partial charge in [-0.15, -0.1) is 0 Å². The van der Waals surface area contributed by atoms with Gasteiger partial charge in [0.25, 0.3) is 0 Å². The van der Waals surface area contributed by atoms with E-state index >= 15 is 0 Å². The number of ether oxygens (including phenoxy) is 1. The molecule has 3 unspecified atom stereocenters. The largest absolute Gasteiger partial charge is 0.465 e. The maximum Gasteiger partial charge on any atom is 0.308 e. The highest BCUT2D eigenvalue weighted by Gasteiger charge is 2.43. The van der Waals surface area contributed by atoms with Crippen molar-refractivity contribution in [2.45, 2.75) is 26.7 Å². The van der Waals surface area contributed by atoms with Crippen molar-refractivity contribution in [3.8, 4) is 0 Å². The maximum atomic E-state index is 11.2. The zero-order valence-electron chi connectivity index (χ0n) is 7.75. The number of carbonyl (C=O) groups is 1. The summed E-state index contributed by atoms with van der Waals surface area (Å²) in [5, 5.41) is 0. The van der Waals surface area contributed by atoms with Gasteiger partial charge in [-0.3, -0.25) is 4.79 Å². The number of carbonyl (C=O) groups excluding carboxylic acids is 1. The van der Waals surface area contributed by atoms with Gasteiger partial charge in [0.1, 0.15) is 0 Å². The Kier molecular flexibility index (Phi) is 1.85. The molecule has 0 aromatic heterocycles. The summed E-state index contributed by atoms with van der Waals surface area (Å²) in [4.78, 5) is 11.2. The Morgan fingerprint density at radius 3 is 2.75 bits per heavy atom. The molecule has 1 aliphatic carbocycles. The van der Waals surface area contributed by atoms with Crippen LogP contribution in [0.2, 0.25) is 0 Å². The van der Waals surface area contributed by atoms with Crippen molar-refractivity contribution in [1.29, 1.82) is 0 Å². The highest BCUT2D eigenvalue weighted by atomic mass is 16.5. The average molecular weight is 168 g/mol. The molecule has 0 radical (unpaired) electrons. The Morgan fingerprint density at radius 2 is 2.00 bits per heavy atom. The molecule has 1 saturated carbocycles. The van der Waals surface area contributed by atoms with Crippen molar-refractivity contribution in [1.82, 2.24) is 0 Å². The fraction of sp³-hybridized carbons (Fsp3) is 0.900. The zero-order chi connectivity index (χ0) is 8.72. The molecule has 12 heavy (non-hydrogen) atoms. The summed E-state index contributed by atoms with van der Waals surface area (Å²) >= 11 is 0. The van der Waals surface area contributed by atoms with E-state index in [1.807, 2.05) is 6.92 Å². The molecule has 0 aromatic rings. The molecule has 0 aromatic carbocycles. The van der Waals surface area contributed by atoms with Crippen molar-refractivity contribution in [3.05, 3.63) is 0 Å². The molecule has 2 aliphatic rings. The Morgan fingerprint density at radius 1 is 1.25 bits per heavy atom. The minimum atomic E-state index is 0.0188. The molecule has 2 rings (SSSR count). The number of rotatable bonds is 0. The number of cyclic esters (lactones) is 1. The van der Waals surface area contributed by atoms with Crippen molar-refractivity contribution in [2.24, 2.45) is 23.7 Å². The third-order valence-corrected chi connectivity index (χ3v) is 3.67. The van der Waals surface area contributed by atoms with Gasteiger partial charge >= 0.3 is 5.97 Å². The van der Waals surface area contributed by atoms with Crippen LogP contribution in [0.3, 0.4) is 0 Å². The van der Waals surface area contributed by atoms with Gasteiger partial charge in [0.15, 0.2) is 0 Å². The average Bonchev–Trinajstić information content (AvgIpc) is 2.41. The van der Waals surface area contributed by atoms with E-state index in [2.05, 4.69) is 6.92 Å². The Bertz CT molecular complexity index is 200. The van der Waals surface area contributed by atoms with Gasteiger partial charge in [0, 0.05) is 0 Å². The molecule has 2 fully saturated rings. The number of fused-ring (bicyclic) bond motifs is 1. The van der Waals surface area contributed by atoms with Gasteiger partial charge in [-0.05, 0) is 24.2 Å². The molecule has 1 aliphatic heterocycles. The van der Waals surface area contributed by atoms with E-state index in [1.54, 1.807) is 0 Å². The first-order valence-corrected chi connectivity index (χ1v) is 4.87. The first-order valence-electron chi connectivity index (χ1n) is 4.87. The number of hydrogen-bond acceptors (Lipinski definition) is 2. The Balaban J connectivity index is 2.14. The van der Waals surface area contributed by atoms with Crippen molar-refractivity contribution in [2.75, 3.05) is 6.61 Å². The fourth-order valence-electron chi connectivity index (χ4n) is 2.70. The highest BCUT2D eigenvalue weighted by molar-refractivity contribution is 5.73. The van der Waals surface area contributed by atoms with E-state index < -0.39 is 0 Å². The minimum absolute atomic E-state index is 0.0188. The summed E-state index contributed by atoms with van der Waals surface area (Å²) in [6, 6.07) is 0. The monoisotopic (exact) mass is 168 g/mol. The van der Waals surface area contributed by atoms with Crippen LogP contribution in [0.4, 0.5) is 0 Å². The predicted octanol–water partition coefficient (Wildman–Crippen LogP) is 1.84. The van der Waals surface area contributed by atoms with Gasteiger partial charge in [0.05, 0.1) is 12.5 Å². The fourth-order valence-corrected chi connectivity index (χ4v) is 2.70. The smallest absolute Gasteiger partial charge is 0.308 e. The standard InChI is InChI=1S/C10H16O2/c1-6-3-4-8-7(2)10(11)12-5-9(6)8/h6-9H,3-5H2,1-2H3/t6?,7?,8?,9-/m1/s1. The van der Waals surface area contributed by atoms with Crippen LogP contribution in [0.15, 0.2) is 0 Å². The number of hydrogen-bond donors (Lipinski definition) is 0. The van der Waals surface area contributed by atoms with Crippen LogP contribution in [-0.4, -0.2) is 12.6 Å². The first-order chi connectivity index (χ1) is 5.70. The first kappa shape index (κ1) is 8.09. The SMILES string of the molecule is CC1C(=O)OC[C@@H]2C(C)CCC12. The molecule has 0 spiro atoms. The van der Waals surface area contributed by atoms with Gasteiger partial charge in [-0.25, -0.2) is 0 Å². The van der Waals surface area contributed by atoms with Crippen LogP contribution in [0.1, 0.15) is 26.7 Å². The van der Waals surface area contributed by atoms with Crippen LogP contribution >= 0.6 is 0 Å². The van der Waals surface area contributed by atoms with Gasteiger partial charge in [-0.2, -0.15) is 0 Å². The van der Waals surface area contributed by atoms with Gasteiger partial charge in [-0.1, -0.05) is 20.3 Å². The topological polar surface area (TPSA) is 26.3 Å². The molecule has 2 nitrogen and oxygen atoms in total. The molecule has 1 saturated heterocycles. The summed E-state index contributed by atoms with van der Waals surface area (Å²) in [5.74, 6) is 2.18. The third-order valence-electron chi connectivity index (χ3n) is 3.67. The molecule has 4 atom stereocenters. The van der Waals surface area contributed by atoms with Crippen molar-refractivity contribution < 1.29 is 9.53 Å². The van der Waals surface area contributed by atoms with E-state index in [9.17, 15) is 4.79 Å². The predicted molar refractivity (Wildman–Crippen MR) is 45.5 cm³/mol. The van der Waals surface area contributed by atoms with E-state index in [-0.39, 0.29) is 11.9 Å². The lowest BCUT2D eigenvalue weighted by atomic mass is 9.81. The van der Waals surface area contributed by atoms with Gasteiger partial charge < -0.3 is 4.74 Å². The molecule has 68 valence electrons. The summed E-state index contributed by atoms with van der Waals surface area (Å²) in [7, 11) is 0. The summed E-state index contributed by atoms with van der Waals surface area (Å²) in [6.45, 7) is 4.96. The second kappa shape index (κ2) is 2.75. The van der Waals surface area contributed by atoms with E-state index in [0.717, 1.165) is 5.92 Å². The second-order valence-electron chi connectivity index (χ2n) is 4.30. The summed E-state index contributed by atoms with van der Waals surface area (Å²) in [5.41, 5.74) is 0. The molecule has 0 N–H and O–H groups in total. The second-order valence-corrected chi connectivity index (χ2v) is 4.30. The third kappa shape index (κ3) is 1.05. The molecule has 0 bridgehead atoms.